The second kappa shape index (κ2) is 11.8. The summed E-state index contributed by atoms with van der Waals surface area (Å²) in [6.45, 7) is 0. The van der Waals surface area contributed by atoms with E-state index in [1.807, 2.05) is 0 Å². The molecule has 0 spiro atoms. The Morgan fingerprint density at radius 1 is 0.655 bits per heavy atom. The van der Waals surface area contributed by atoms with Crippen LogP contribution < -0.4 is 0 Å². The molecule has 160 valence electrons. The fourth-order valence-electron chi connectivity index (χ4n) is 1.63. The number of rotatable bonds is 12. The van der Waals surface area contributed by atoms with Gasteiger partial charge in [-0.2, -0.15) is 4.21 Å². The Hall–Kier alpha value is -2.11. The molecular formula is C12H15NaO15S. The molecule has 29 heavy (non-hydrogen) atoms. The molecule has 0 bridgehead atoms. The van der Waals surface area contributed by atoms with Crippen LogP contribution in [0.2, 0.25) is 0 Å². The van der Waals surface area contributed by atoms with Crippen LogP contribution in [0, 0.1) is 0 Å². The van der Waals surface area contributed by atoms with Crippen LogP contribution in [0.5, 0.6) is 0 Å². The molecule has 0 heterocycles. The average Bonchev–Trinajstić information content (AvgIpc) is 2.43. The van der Waals surface area contributed by atoms with Gasteiger partial charge in [0.2, 0.25) is 0 Å². The third-order valence-electron chi connectivity index (χ3n) is 2.88. The summed E-state index contributed by atoms with van der Waals surface area (Å²) in [6, 6.07) is 0. The summed E-state index contributed by atoms with van der Waals surface area (Å²) in [7, 11) is 0. The number of hydrogen-bond donors (Lipinski definition) is 6. The number of aliphatic hydroxyl groups is 2. The van der Waals surface area contributed by atoms with Crippen molar-refractivity contribution >= 4 is 76.7 Å². The zero-order valence-corrected chi connectivity index (χ0v) is 14.4. The van der Waals surface area contributed by atoms with Gasteiger partial charge in [0, 0.05) is 0 Å². The van der Waals surface area contributed by atoms with Crippen LogP contribution in [0.25, 0.3) is 0 Å². The zero-order valence-electron chi connectivity index (χ0n) is 13.6. The van der Waals surface area contributed by atoms with Crippen molar-refractivity contribution < 1.29 is 72.0 Å². The van der Waals surface area contributed by atoms with Gasteiger partial charge >= 0.3 is 76.7 Å². The standard InChI is InChI=1S/C12H14O15S.Na.H/c13-5(14)1-11(23,9(19)20)3-7(17)26-28(25)27-8(18)4-12(24,10(21)22)2-6(15)16;;/h23-24H,1-4H2,(H,13,14)(H,15,16)(H,19,20)(H,21,22);;. The molecule has 0 aliphatic carbocycles. The Balaban J connectivity index is 0. The first-order valence-electron chi connectivity index (χ1n) is 6.80. The maximum absolute atomic E-state index is 11.4. The van der Waals surface area contributed by atoms with E-state index >= 15 is 0 Å². The fraction of sp³-hybridized carbons (Fsp3) is 0.500. The Morgan fingerprint density at radius 3 is 1.14 bits per heavy atom. The number of hydrogen-bond acceptors (Lipinski definition) is 11. The molecule has 0 radical (unpaired) electrons. The molecule has 0 fully saturated rings. The normalized spacial score (nSPS) is 15.4. The van der Waals surface area contributed by atoms with Crippen LogP contribution in [0.15, 0.2) is 0 Å². The minimum atomic E-state index is -3.30. The summed E-state index contributed by atoms with van der Waals surface area (Å²) in [5, 5.41) is 53.7. The van der Waals surface area contributed by atoms with E-state index in [0.717, 1.165) is 0 Å². The quantitative estimate of drug-likeness (QED) is 0.155. The number of carbonyl (C=O) groups is 6. The van der Waals surface area contributed by atoms with Gasteiger partial charge in [0.15, 0.2) is 11.2 Å². The van der Waals surface area contributed by atoms with Crippen molar-refractivity contribution in [1.29, 1.82) is 0 Å². The van der Waals surface area contributed by atoms with E-state index in [1.165, 1.54) is 0 Å². The number of carboxylic acids is 4. The number of aliphatic carboxylic acids is 4. The molecule has 0 saturated carbocycles. The second-order valence-corrected chi connectivity index (χ2v) is 6.02. The van der Waals surface area contributed by atoms with Gasteiger partial charge in [-0.15, -0.1) is 0 Å². The predicted molar refractivity (Wildman–Crippen MR) is 86.4 cm³/mol. The summed E-state index contributed by atoms with van der Waals surface area (Å²) in [5.74, 6) is -11.4. The van der Waals surface area contributed by atoms with Crippen molar-refractivity contribution in [1.82, 2.24) is 0 Å². The SMILES string of the molecule is O=C(O)CC(O)(CC(=O)OS(=O)OC(=O)CC(O)(CC(=O)O)C(=O)O)C(=O)O.[NaH]. The van der Waals surface area contributed by atoms with Gasteiger partial charge in [-0.25, -0.2) is 9.59 Å². The summed E-state index contributed by atoms with van der Waals surface area (Å²) < 4.78 is 19.2. The first-order chi connectivity index (χ1) is 12.6. The van der Waals surface area contributed by atoms with Gasteiger partial charge in [-0.1, -0.05) is 0 Å². The van der Waals surface area contributed by atoms with Crippen molar-refractivity contribution in [2.24, 2.45) is 0 Å². The fourth-order valence-corrected chi connectivity index (χ4v) is 2.09. The summed E-state index contributed by atoms with van der Waals surface area (Å²) in [6.07, 6.45) is -5.86. The monoisotopic (exact) mass is 454 g/mol. The molecule has 2 unspecified atom stereocenters. The van der Waals surface area contributed by atoms with Gasteiger partial charge in [0.05, 0.1) is 25.7 Å². The van der Waals surface area contributed by atoms with E-state index in [0.29, 0.717) is 0 Å². The van der Waals surface area contributed by atoms with Gasteiger partial charge in [0.1, 0.15) is 0 Å². The van der Waals surface area contributed by atoms with Crippen LogP contribution >= 0.6 is 0 Å². The first-order valence-corrected chi connectivity index (χ1v) is 7.80. The summed E-state index contributed by atoms with van der Waals surface area (Å²) in [5.41, 5.74) is -6.25. The minimum absolute atomic E-state index is 0. The Morgan fingerprint density at radius 2 is 0.931 bits per heavy atom. The Labute approximate surface area is 185 Å². The molecule has 15 nitrogen and oxygen atoms in total. The molecule has 0 saturated heterocycles. The van der Waals surface area contributed by atoms with Crippen LogP contribution in [0.1, 0.15) is 25.7 Å². The predicted octanol–water partition coefficient (Wildman–Crippen LogP) is -3.64. The molecule has 0 aromatic rings. The van der Waals surface area contributed by atoms with Crippen molar-refractivity contribution in [2.75, 3.05) is 0 Å². The van der Waals surface area contributed by atoms with Gasteiger partial charge in [-0.3, -0.25) is 19.2 Å². The third kappa shape index (κ3) is 10.3. The summed E-state index contributed by atoms with van der Waals surface area (Å²) >= 11 is -3.30. The van der Waals surface area contributed by atoms with Gasteiger partial charge < -0.3 is 39.0 Å². The third-order valence-corrected chi connectivity index (χ3v) is 3.52. The molecule has 6 N–H and O–H groups in total. The van der Waals surface area contributed by atoms with E-state index < -0.39 is 84.1 Å². The van der Waals surface area contributed by atoms with Gasteiger partial charge in [-0.05, 0) is 0 Å². The van der Waals surface area contributed by atoms with E-state index in [9.17, 15) is 43.2 Å². The molecule has 0 aromatic carbocycles. The van der Waals surface area contributed by atoms with Gasteiger partial charge in [0.25, 0.3) is 0 Å². The van der Waals surface area contributed by atoms with E-state index in [1.54, 1.807) is 0 Å². The molecule has 0 aliphatic rings. The zero-order chi connectivity index (χ0) is 22.3. The molecule has 2 atom stereocenters. The first kappa shape index (κ1) is 29.1. The summed E-state index contributed by atoms with van der Waals surface area (Å²) in [4.78, 5) is 65.6. The van der Waals surface area contributed by atoms with Crippen molar-refractivity contribution in [3.63, 3.8) is 0 Å². The molecule has 17 heteroatoms. The average molecular weight is 454 g/mol. The molecule has 0 rings (SSSR count). The number of carboxylic acid groups (broad SMARTS) is 4. The van der Waals surface area contributed by atoms with E-state index in [-0.39, 0.29) is 29.6 Å². The van der Waals surface area contributed by atoms with Crippen molar-refractivity contribution in [3.05, 3.63) is 0 Å². The van der Waals surface area contributed by atoms with Crippen molar-refractivity contribution in [3.8, 4) is 0 Å². The van der Waals surface area contributed by atoms with Crippen LogP contribution in [0.4, 0.5) is 0 Å². The number of carbonyl (C=O) groups excluding carboxylic acids is 2. The van der Waals surface area contributed by atoms with E-state index in [4.69, 9.17) is 20.4 Å². The Kier molecular flexibility index (Phi) is 11.8. The van der Waals surface area contributed by atoms with E-state index in [2.05, 4.69) is 8.37 Å². The molecule has 0 amide bonds. The Bertz CT molecular complexity index is 662. The van der Waals surface area contributed by atoms with Crippen molar-refractivity contribution in [2.45, 2.75) is 36.9 Å². The maximum atomic E-state index is 11.4. The van der Waals surface area contributed by atoms with Crippen LogP contribution in [-0.4, -0.2) is 111 Å². The molecule has 0 aliphatic heterocycles. The second-order valence-electron chi connectivity index (χ2n) is 5.28. The topological polar surface area (TPSA) is 259 Å². The van der Waals surface area contributed by atoms with Crippen LogP contribution in [-0.2, 0) is 48.5 Å². The van der Waals surface area contributed by atoms with Crippen LogP contribution in [0.3, 0.4) is 0 Å². The molecular weight excluding hydrogens is 439 g/mol. The molecule has 0 aromatic heterocycles.